The van der Waals surface area contributed by atoms with Crippen LogP contribution in [0.4, 0.5) is 0 Å². The van der Waals surface area contributed by atoms with Crippen LogP contribution in [0.2, 0.25) is 0 Å². The molecule has 1 unspecified atom stereocenters. The molecule has 1 aliphatic rings. The van der Waals surface area contributed by atoms with Crippen LogP contribution in [0.1, 0.15) is 6.42 Å². The normalized spacial score (nSPS) is 32.6. The van der Waals surface area contributed by atoms with Gasteiger partial charge >= 0.3 is 0 Å². The predicted molar refractivity (Wildman–Crippen MR) is 31.9 cm³/mol. The molecule has 1 N–H and O–H groups in total. The average molecular weight is 119 g/mol. The Morgan fingerprint density at radius 2 is 2.57 bits per heavy atom. The molecule has 42 valence electrons. The van der Waals surface area contributed by atoms with E-state index in [4.69, 9.17) is 5.11 Å². The molecule has 0 aliphatic carbocycles. The fourth-order valence-corrected chi connectivity index (χ4v) is 1.05. The van der Waals surface area contributed by atoms with Gasteiger partial charge in [0.1, 0.15) is 0 Å². The van der Waals surface area contributed by atoms with E-state index in [-0.39, 0.29) is 0 Å². The summed E-state index contributed by atoms with van der Waals surface area (Å²) in [6.07, 6.45) is 1.15. The molecule has 0 saturated carbocycles. The lowest BCUT2D eigenvalue weighted by molar-refractivity contribution is 0.125. The van der Waals surface area contributed by atoms with E-state index in [0.29, 0.717) is 12.6 Å². The molecule has 1 heterocycles. The molecule has 3 heteroatoms. The number of nitrogens with zero attached hydrogens (tertiary/aromatic N) is 1. The van der Waals surface area contributed by atoms with Gasteiger partial charge in [-0.15, -0.1) is 0 Å². The van der Waals surface area contributed by atoms with Gasteiger partial charge in [-0.3, -0.25) is 4.67 Å². The lowest BCUT2D eigenvalue weighted by Gasteiger charge is -2.35. The van der Waals surface area contributed by atoms with Crippen LogP contribution in [0.5, 0.6) is 0 Å². The summed E-state index contributed by atoms with van der Waals surface area (Å²) in [6, 6.07) is 0.435. The van der Waals surface area contributed by atoms with Crippen molar-refractivity contribution < 1.29 is 5.11 Å². The Bertz CT molecular complexity index is 66.7. The Labute approximate surface area is 45.8 Å². The van der Waals surface area contributed by atoms with Crippen LogP contribution in [-0.2, 0) is 0 Å². The summed E-state index contributed by atoms with van der Waals surface area (Å²) >= 11 is 0. The Hall–Kier alpha value is 0.350. The van der Waals surface area contributed by atoms with Gasteiger partial charge in [0.15, 0.2) is 0 Å². The van der Waals surface area contributed by atoms with Gasteiger partial charge in [0.25, 0.3) is 0 Å². The number of rotatable bonds is 1. The fourth-order valence-electron chi connectivity index (χ4n) is 0.657. The van der Waals surface area contributed by atoms with E-state index in [9.17, 15) is 0 Å². The second-order valence-electron chi connectivity index (χ2n) is 1.86. The molecule has 1 rings (SSSR count). The second kappa shape index (κ2) is 2.08. The van der Waals surface area contributed by atoms with Crippen LogP contribution in [-0.4, -0.2) is 29.0 Å². The first-order chi connectivity index (χ1) is 3.34. The molecule has 0 radical (unpaired) electrons. The highest BCUT2D eigenvalue weighted by Crippen LogP contribution is 2.19. The number of aliphatic hydroxyl groups excluding tert-OH is 1. The minimum absolute atomic E-state index is 0.309. The molecule has 0 aromatic heterocycles. The molecule has 0 aromatic carbocycles. The van der Waals surface area contributed by atoms with Crippen LogP contribution in [0.3, 0.4) is 0 Å². The molecule has 1 aliphatic heterocycles. The van der Waals surface area contributed by atoms with E-state index >= 15 is 0 Å². The van der Waals surface area contributed by atoms with Crippen LogP contribution < -0.4 is 0 Å². The van der Waals surface area contributed by atoms with Crippen LogP contribution >= 0.6 is 9.39 Å². The minimum Gasteiger partial charge on any atom is -0.395 e. The number of hydrogen-bond donors (Lipinski definition) is 1. The van der Waals surface area contributed by atoms with Gasteiger partial charge in [0, 0.05) is 12.6 Å². The molecule has 2 atom stereocenters. The molecule has 7 heavy (non-hydrogen) atoms. The van der Waals surface area contributed by atoms with E-state index < -0.39 is 0 Å². The zero-order chi connectivity index (χ0) is 5.28. The van der Waals surface area contributed by atoms with Crippen molar-refractivity contribution in [3.63, 3.8) is 0 Å². The molecule has 0 spiro atoms. The van der Waals surface area contributed by atoms with Crippen molar-refractivity contribution in [2.75, 3.05) is 13.2 Å². The molecule has 0 amide bonds. The molecule has 0 aromatic rings. The van der Waals surface area contributed by atoms with Gasteiger partial charge in [-0.05, 0) is 6.42 Å². The highest BCUT2D eigenvalue weighted by molar-refractivity contribution is 7.13. The van der Waals surface area contributed by atoms with Gasteiger partial charge < -0.3 is 5.11 Å². The summed E-state index contributed by atoms with van der Waals surface area (Å²) in [6.45, 7) is 1.43. The van der Waals surface area contributed by atoms with E-state index in [1.165, 1.54) is 0 Å². The summed E-state index contributed by atoms with van der Waals surface area (Å²) < 4.78 is 2.07. The molecule has 1 fully saturated rings. The fraction of sp³-hybridized carbons (Fsp3) is 1.00. The zero-order valence-corrected chi connectivity index (χ0v) is 5.33. The summed E-state index contributed by atoms with van der Waals surface area (Å²) in [7, 11) is 2.58. The van der Waals surface area contributed by atoms with E-state index in [1.54, 1.807) is 0 Å². The Kier molecular flexibility index (Phi) is 1.63. The third-order valence-electron chi connectivity index (χ3n) is 1.40. The SMILES string of the molecule is OC[C@@H]1CCN1P. The maximum atomic E-state index is 8.50. The lowest BCUT2D eigenvalue weighted by Crippen LogP contribution is -2.42. The zero-order valence-electron chi connectivity index (χ0n) is 4.17. The predicted octanol–water partition coefficient (Wildman–Crippen LogP) is -0.157. The molecular formula is C4H10NOP. The Balaban J connectivity index is 2.16. The largest absolute Gasteiger partial charge is 0.395 e. The monoisotopic (exact) mass is 119 g/mol. The average Bonchev–Trinajstić information content (AvgIpc) is 1.65. The topological polar surface area (TPSA) is 23.5 Å². The maximum absolute atomic E-state index is 8.50. The standard InChI is InChI=1S/C4H10NOP/c6-3-4-1-2-5(4)7/h4,6H,1-3,7H2/t4-/m0/s1. The van der Waals surface area contributed by atoms with Crippen molar-refractivity contribution in [1.82, 2.24) is 4.67 Å². The van der Waals surface area contributed by atoms with Crippen molar-refractivity contribution in [2.24, 2.45) is 0 Å². The summed E-state index contributed by atoms with van der Waals surface area (Å²) in [5.41, 5.74) is 0. The minimum atomic E-state index is 0.309. The highest BCUT2D eigenvalue weighted by atomic mass is 31.0. The van der Waals surface area contributed by atoms with Gasteiger partial charge in [-0.25, -0.2) is 0 Å². The van der Waals surface area contributed by atoms with Crippen molar-refractivity contribution in [3.8, 4) is 0 Å². The van der Waals surface area contributed by atoms with Crippen molar-refractivity contribution in [1.29, 1.82) is 0 Å². The third kappa shape index (κ3) is 0.933. The first-order valence-corrected chi connectivity index (χ1v) is 2.98. The van der Waals surface area contributed by atoms with Crippen LogP contribution in [0, 0.1) is 0 Å². The van der Waals surface area contributed by atoms with Crippen LogP contribution in [0.15, 0.2) is 0 Å². The summed E-state index contributed by atoms with van der Waals surface area (Å²) in [5.74, 6) is 0. The van der Waals surface area contributed by atoms with E-state index in [2.05, 4.69) is 14.1 Å². The molecule has 0 bridgehead atoms. The van der Waals surface area contributed by atoms with Gasteiger partial charge in [-0.2, -0.15) is 0 Å². The van der Waals surface area contributed by atoms with Crippen molar-refractivity contribution in [3.05, 3.63) is 0 Å². The summed E-state index contributed by atoms with van der Waals surface area (Å²) in [4.78, 5) is 0. The molecule has 1 saturated heterocycles. The quantitative estimate of drug-likeness (QED) is 0.485. The third-order valence-corrected chi connectivity index (χ3v) is 2.08. The second-order valence-corrected chi connectivity index (χ2v) is 2.53. The number of hydrogen-bond acceptors (Lipinski definition) is 2. The maximum Gasteiger partial charge on any atom is 0.0590 e. The van der Waals surface area contributed by atoms with E-state index in [1.807, 2.05) is 0 Å². The molecule has 2 nitrogen and oxygen atoms in total. The highest BCUT2D eigenvalue weighted by Gasteiger charge is 2.22. The van der Waals surface area contributed by atoms with Gasteiger partial charge in [0.2, 0.25) is 0 Å². The Morgan fingerprint density at radius 3 is 2.57 bits per heavy atom. The lowest BCUT2D eigenvalue weighted by atomic mass is 10.1. The smallest absolute Gasteiger partial charge is 0.0590 e. The molecular weight excluding hydrogens is 109 g/mol. The van der Waals surface area contributed by atoms with Crippen molar-refractivity contribution >= 4 is 9.39 Å². The van der Waals surface area contributed by atoms with E-state index in [0.717, 1.165) is 13.0 Å². The van der Waals surface area contributed by atoms with Gasteiger partial charge in [-0.1, -0.05) is 9.39 Å². The van der Waals surface area contributed by atoms with Gasteiger partial charge in [0.05, 0.1) is 6.61 Å². The first-order valence-electron chi connectivity index (χ1n) is 2.47. The Morgan fingerprint density at radius 1 is 1.86 bits per heavy atom. The van der Waals surface area contributed by atoms with Crippen LogP contribution in [0.25, 0.3) is 0 Å². The summed E-state index contributed by atoms with van der Waals surface area (Å²) in [5, 5.41) is 8.50. The first kappa shape index (κ1) is 5.49. The number of aliphatic hydroxyl groups is 1. The van der Waals surface area contributed by atoms with Crippen molar-refractivity contribution in [2.45, 2.75) is 12.5 Å².